The molecule has 0 aliphatic rings. The average Bonchev–Trinajstić information content (AvgIpc) is 2.58. The molecule has 2 heterocycles. The summed E-state index contributed by atoms with van der Waals surface area (Å²) in [5, 5.41) is 3.12. The van der Waals surface area contributed by atoms with Gasteiger partial charge >= 0.3 is 0 Å². The Kier molecular flexibility index (Phi) is 2.47. The Morgan fingerprint density at radius 3 is 3.14 bits per heavy atom. The molecular formula is C10H14N4. The monoisotopic (exact) mass is 190 g/mol. The molecule has 0 unspecified atom stereocenters. The number of aromatic nitrogens is 2. The third kappa shape index (κ3) is 1.76. The van der Waals surface area contributed by atoms with Crippen LogP contribution in [0, 0.1) is 0 Å². The van der Waals surface area contributed by atoms with Gasteiger partial charge in [-0.3, -0.25) is 10.4 Å². The van der Waals surface area contributed by atoms with Crippen molar-refractivity contribution in [1.29, 1.82) is 0 Å². The van der Waals surface area contributed by atoms with E-state index in [1.165, 1.54) is 10.9 Å². The quantitative estimate of drug-likeness (QED) is 0.713. The fraction of sp³-hybridized carbons (Fsp3) is 0.300. The van der Waals surface area contributed by atoms with Crippen LogP contribution < -0.4 is 5.43 Å². The zero-order valence-corrected chi connectivity index (χ0v) is 8.41. The Morgan fingerprint density at radius 2 is 2.36 bits per heavy atom. The third-order valence-corrected chi connectivity index (χ3v) is 2.12. The highest BCUT2D eigenvalue weighted by molar-refractivity contribution is 5.79. The Morgan fingerprint density at radius 1 is 1.50 bits per heavy atom. The van der Waals surface area contributed by atoms with Crippen molar-refractivity contribution in [3.05, 3.63) is 30.1 Å². The van der Waals surface area contributed by atoms with E-state index < -0.39 is 0 Å². The standard InChI is InChI=1S/C10H14N4/c1-14(2)13-7-8-6-12-10-9(8)4-3-5-11-10/h3-6,13H,7H2,1-2H3,(H,11,12). The molecule has 0 spiro atoms. The molecule has 0 bridgehead atoms. The van der Waals surface area contributed by atoms with Gasteiger partial charge in [0.1, 0.15) is 5.65 Å². The zero-order valence-electron chi connectivity index (χ0n) is 8.41. The summed E-state index contributed by atoms with van der Waals surface area (Å²) < 4.78 is 0. The normalized spacial score (nSPS) is 11.4. The van der Waals surface area contributed by atoms with Crippen LogP contribution in [0.3, 0.4) is 0 Å². The third-order valence-electron chi connectivity index (χ3n) is 2.12. The van der Waals surface area contributed by atoms with Crippen LogP contribution in [-0.2, 0) is 6.54 Å². The zero-order chi connectivity index (χ0) is 9.97. The highest BCUT2D eigenvalue weighted by Gasteiger charge is 2.02. The largest absolute Gasteiger partial charge is 0.346 e. The molecule has 0 atom stereocenters. The molecule has 74 valence electrons. The van der Waals surface area contributed by atoms with Crippen molar-refractivity contribution in [1.82, 2.24) is 20.4 Å². The molecule has 0 saturated carbocycles. The van der Waals surface area contributed by atoms with Crippen LogP contribution in [0.4, 0.5) is 0 Å². The van der Waals surface area contributed by atoms with Crippen molar-refractivity contribution in [3.8, 4) is 0 Å². The van der Waals surface area contributed by atoms with Crippen molar-refractivity contribution >= 4 is 11.0 Å². The lowest BCUT2D eigenvalue weighted by molar-refractivity contribution is 0.286. The molecule has 2 aromatic heterocycles. The first kappa shape index (κ1) is 9.18. The SMILES string of the molecule is CN(C)NCc1c[nH]c2ncccc12. The van der Waals surface area contributed by atoms with E-state index in [1.807, 2.05) is 31.4 Å². The van der Waals surface area contributed by atoms with E-state index in [4.69, 9.17) is 0 Å². The first-order chi connectivity index (χ1) is 6.77. The highest BCUT2D eigenvalue weighted by atomic mass is 15.5. The lowest BCUT2D eigenvalue weighted by atomic mass is 10.2. The fourth-order valence-corrected chi connectivity index (χ4v) is 1.40. The van der Waals surface area contributed by atoms with Crippen LogP contribution in [0.15, 0.2) is 24.5 Å². The number of hydrogen-bond donors (Lipinski definition) is 2. The second kappa shape index (κ2) is 3.77. The average molecular weight is 190 g/mol. The van der Waals surface area contributed by atoms with Gasteiger partial charge in [-0.1, -0.05) is 0 Å². The van der Waals surface area contributed by atoms with Crippen LogP contribution in [-0.4, -0.2) is 29.1 Å². The van der Waals surface area contributed by atoms with Crippen molar-refractivity contribution in [2.75, 3.05) is 14.1 Å². The van der Waals surface area contributed by atoms with Crippen LogP contribution in [0.1, 0.15) is 5.56 Å². The second-order valence-electron chi connectivity index (χ2n) is 3.44. The molecule has 4 nitrogen and oxygen atoms in total. The number of fused-ring (bicyclic) bond motifs is 1. The van der Waals surface area contributed by atoms with Crippen molar-refractivity contribution in [2.45, 2.75) is 6.54 Å². The Balaban J connectivity index is 2.25. The van der Waals surface area contributed by atoms with Crippen LogP contribution in [0.2, 0.25) is 0 Å². The fourth-order valence-electron chi connectivity index (χ4n) is 1.40. The van der Waals surface area contributed by atoms with E-state index in [0.29, 0.717) is 0 Å². The van der Waals surface area contributed by atoms with E-state index in [0.717, 1.165) is 12.2 Å². The van der Waals surface area contributed by atoms with E-state index >= 15 is 0 Å². The maximum atomic E-state index is 4.23. The van der Waals surface area contributed by atoms with E-state index in [1.54, 1.807) is 6.20 Å². The molecule has 2 aromatic rings. The van der Waals surface area contributed by atoms with Gasteiger partial charge in [0.05, 0.1) is 0 Å². The minimum Gasteiger partial charge on any atom is -0.346 e. The number of hydrogen-bond acceptors (Lipinski definition) is 3. The number of hydrazine groups is 1. The lowest BCUT2D eigenvalue weighted by Crippen LogP contribution is -2.29. The van der Waals surface area contributed by atoms with Gasteiger partial charge in [0.25, 0.3) is 0 Å². The smallest absolute Gasteiger partial charge is 0.137 e. The molecule has 14 heavy (non-hydrogen) atoms. The van der Waals surface area contributed by atoms with Crippen molar-refractivity contribution < 1.29 is 0 Å². The number of nitrogens with zero attached hydrogens (tertiary/aromatic N) is 2. The predicted molar refractivity (Wildman–Crippen MR) is 56.6 cm³/mol. The van der Waals surface area contributed by atoms with Gasteiger partial charge in [-0.15, -0.1) is 0 Å². The second-order valence-corrected chi connectivity index (χ2v) is 3.44. The summed E-state index contributed by atoms with van der Waals surface area (Å²) in [6.07, 6.45) is 3.79. The topological polar surface area (TPSA) is 44.0 Å². The molecule has 0 fully saturated rings. The molecule has 4 heteroatoms. The minimum atomic E-state index is 0.818. The van der Waals surface area contributed by atoms with Crippen LogP contribution >= 0.6 is 0 Å². The summed E-state index contributed by atoms with van der Waals surface area (Å²) in [5.41, 5.74) is 5.41. The molecule has 0 aromatic carbocycles. The first-order valence-corrected chi connectivity index (χ1v) is 4.59. The van der Waals surface area contributed by atoms with E-state index in [-0.39, 0.29) is 0 Å². The molecule has 0 saturated heterocycles. The van der Waals surface area contributed by atoms with Gasteiger partial charge in [-0.25, -0.2) is 4.98 Å². The highest BCUT2D eigenvalue weighted by Crippen LogP contribution is 2.14. The summed E-state index contributed by atoms with van der Waals surface area (Å²) in [6, 6.07) is 4.03. The van der Waals surface area contributed by atoms with Gasteiger partial charge < -0.3 is 4.98 Å². The molecule has 0 aliphatic heterocycles. The Bertz CT molecular complexity index is 419. The lowest BCUT2D eigenvalue weighted by Gasteiger charge is -2.10. The molecular weight excluding hydrogens is 176 g/mol. The Labute approximate surface area is 82.9 Å². The number of aromatic amines is 1. The molecule has 0 amide bonds. The van der Waals surface area contributed by atoms with Gasteiger partial charge in [0.2, 0.25) is 0 Å². The number of rotatable bonds is 3. The van der Waals surface area contributed by atoms with E-state index in [9.17, 15) is 0 Å². The predicted octanol–water partition coefficient (Wildman–Crippen LogP) is 1.13. The Hall–Kier alpha value is -1.39. The van der Waals surface area contributed by atoms with Gasteiger partial charge in [-0.2, -0.15) is 0 Å². The summed E-state index contributed by atoms with van der Waals surface area (Å²) in [6.45, 7) is 0.818. The van der Waals surface area contributed by atoms with Crippen LogP contribution in [0.5, 0.6) is 0 Å². The minimum absolute atomic E-state index is 0.818. The molecule has 2 rings (SSSR count). The molecule has 2 N–H and O–H groups in total. The molecule has 0 radical (unpaired) electrons. The van der Waals surface area contributed by atoms with Gasteiger partial charge in [0.15, 0.2) is 0 Å². The summed E-state index contributed by atoms with van der Waals surface area (Å²) in [7, 11) is 3.96. The summed E-state index contributed by atoms with van der Waals surface area (Å²) >= 11 is 0. The van der Waals surface area contributed by atoms with Gasteiger partial charge in [0, 0.05) is 38.4 Å². The van der Waals surface area contributed by atoms with Gasteiger partial charge in [-0.05, 0) is 17.7 Å². The van der Waals surface area contributed by atoms with Crippen molar-refractivity contribution in [2.24, 2.45) is 0 Å². The maximum absolute atomic E-state index is 4.23. The number of nitrogens with one attached hydrogen (secondary N) is 2. The van der Waals surface area contributed by atoms with Crippen LogP contribution in [0.25, 0.3) is 11.0 Å². The van der Waals surface area contributed by atoms with E-state index in [2.05, 4.69) is 21.5 Å². The number of H-pyrrole nitrogens is 1. The van der Waals surface area contributed by atoms with Crippen molar-refractivity contribution in [3.63, 3.8) is 0 Å². The summed E-state index contributed by atoms with van der Waals surface area (Å²) in [5.74, 6) is 0. The number of pyridine rings is 1. The first-order valence-electron chi connectivity index (χ1n) is 4.59. The molecule has 0 aliphatic carbocycles. The maximum Gasteiger partial charge on any atom is 0.137 e. The summed E-state index contributed by atoms with van der Waals surface area (Å²) in [4.78, 5) is 7.37.